The van der Waals surface area contributed by atoms with E-state index in [-0.39, 0.29) is 12.1 Å². The largest absolute Gasteiger partial charge is 0.462 e. The van der Waals surface area contributed by atoms with Gasteiger partial charge in [0.05, 0.1) is 0 Å². The molecule has 0 unspecified atom stereocenters. The number of piperidine rings is 4. The predicted octanol–water partition coefficient (Wildman–Crippen LogP) is 1.41. The zero-order chi connectivity index (χ0) is 15.3. The van der Waals surface area contributed by atoms with Crippen molar-refractivity contribution < 1.29 is 14.3 Å². The molecular weight excluding hydrogens is 280 g/mol. The monoisotopic (exact) mass is 306 g/mol. The van der Waals surface area contributed by atoms with Crippen LogP contribution in [0.5, 0.6) is 0 Å². The fraction of sp³-hybridized carbons (Fsp3) is 0.882. The summed E-state index contributed by atoms with van der Waals surface area (Å²) in [6.07, 6.45) is 6.23. The molecule has 0 aromatic heterocycles. The summed E-state index contributed by atoms with van der Waals surface area (Å²) in [5.41, 5.74) is 0. The van der Waals surface area contributed by atoms with Crippen LogP contribution in [0.2, 0.25) is 0 Å². The Hall–Kier alpha value is -1.10. The minimum absolute atomic E-state index is 0.0741. The first kappa shape index (κ1) is 14.5. The Morgan fingerprint density at radius 3 is 2.77 bits per heavy atom. The van der Waals surface area contributed by atoms with Gasteiger partial charge in [-0.15, -0.1) is 0 Å². The number of amides is 1. The van der Waals surface area contributed by atoms with Crippen molar-refractivity contribution in [1.29, 1.82) is 0 Å². The highest BCUT2D eigenvalue weighted by atomic mass is 16.5. The van der Waals surface area contributed by atoms with Gasteiger partial charge in [0.2, 0.25) is 5.91 Å². The maximum atomic E-state index is 12.3. The molecule has 0 aromatic rings. The standard InChI is InChI=1S/C17H26N2O3/c1-11(20)22-14-5-6-18-9-12-7-13(16(18)8-14)10-19-15(12)3-2-4-17(19)21/h12-16H,2-10H2,1H3/t12-,13-,14-,15+,16-/m0/s1. The number of nitrogens with zero attached hydrogens (tertiary/aromatic N) is 2. The van der Waals surface area contributed by atoms with Crippen LogP contribution in [0.3, 0.4) is 0 Å². The Morgan fingerprint density at radius 2 is 1.95 bits per heavy atom. The van der Waals surface area contributed by atoms with Crippen LogP contribution < -0.4 is 0 Å². The van der Waals surface area contributed by atoms with E-state index in [1.807, 2.05) is 0 Å². The number of ether oxygens (including phenoxy) is 1. The van der Waals surface area contributed by atoms with Gasteiger partial charge >= 0.3 is 5.97 Å². The van der Waals surface area contributed by atoms with Gasteiger partial charge in [0.1, 0.15) is 6.10 Å². The number of esters is 1. The van der Waals surface area contributed by atoms with E-state index >= 15 is 0 Å². The van der Waals surface area contributed by atoms with Crippen molar-refractivity contribution in [3.05, 3.63) is 0 Å². The van der Waals surface area contributed by atoms with E-state index in [0.717, 1.165) is 45.3 Å². The molecule has 22 heavy (non-hydrogen) atoms. The molecule has 122 valence electrons. The summed E-state index contributed by atoms with van der Waals surface area (Å²) in [6, 6.07) is 0.981. The van der Waals surface area contributed by atoms with Crippen molar-refractivity contribution >= 4 is 11.9 Å². The molecular formula is C17H26N2O3. The number of carbonyl (C=O) groups is 2. The lowest BCUT2D eigenvalue weighted by Crippen LogP contribution is -2.65. The van der Waals surface area contributed by atoms with Gasteiger partial charge in [-0.1, -0.05) is 0 Å². The molecule has 4 rings (SSSR count). The van der Waals surface area contributed by atoms with Crippen LogP contribution >= 0.6 is 0 Å². The zero-order valence-electron chi connectivity index (χ0n) is 13.4. The van der Waals surface area contributed by atoms with E-state index in [0.29, 0.717) is 29.8 Å². The van der Waals surface area contributed by atoms with E-state index in [4.69, 9.17) is 4.74 Å². The second-order valence-corrected chi connectivity index (χ2v) is 7.58. The average Bonchev–Trinajstić information content (AvgIpc) is 2.49. The third kappa shape index (κ3) is 2.43. The van der Waals surface area contributed by atoms with E-state index < -0.39 is 0 Å². The Morgan fingerprint density at radius 1 is 1.14 bits per heavy atom. The molecule has 0 saturated carbocycles. The fourth-order valence-corrected chi connectivity index (χ4v) is 5.39. The number of carbonyl (C=O) groups excluding carboxylic acids is 2. The van der Waals surface area contributed by atoms with E-state index in [2.05, 4.69) is 9.80 Å². The van der Waals surface area contributed by atoms with Crippen molar-refractivity contribution in [3.8, 4) is 0 Å². The molecule has 4 heterocycles. The second-order valence-electron chi connectivity index (χ2n) is 7.58. The van der Waals surface area contributed by atoms with Crippen molar-refractivity contribution in [3.63, 3.8) is 0 Å². The van der Waals surface area contributed by atoms with E-state index in [9.17, 15) is 9.59 Å². The van der Waals surface area contributed by atoms with Gasteiger partial charge < -0.3 is 9.64 Å². The summed E-state index contributed by atoms with van der Waals surface area (Å²) in [5.74, 6) is 1.42. The molecule has 0 aliphatic carbocycles. The van der Waals surface area contributed by atoms with Gasteiger partial charge in [-0.25, -0.2) is 0 Å². The molecule has 4 aliphatic rings. The number of rotatable bonds is 1. The third-order valence-corrected chi connectivity index (χ3v) is 6.25. The first-order chi connectivity index (χ1) is 10.6. The van der Waals surface area contributed by atoms with Gasteiger partial charge in [0.15, 0.2) is 0 Å². The van der Waals surface area contributed by atoms with Crippen LogP contribution in [0.4, 0.5) is 0 Å². The minimum Gasteiger partial charge on any atom is -0.462 e. The number of hydrogen-bond donors (Lipinski definition) is 0. The Labute approximate surface area is 132 Å². The highest BCUT2D eigenvalue weighted by molar-refractivity contribution is 5.77. The van der Waals surface area contributed by atoms with Crippen molar-refractivity contribution in [2.24, 2.45) is 11.8 Å². The molecule has 0 spiro atoms. The lowest BCUT2D eigenvalue weighted by molar-refractivity contribution is -0.157. The molecule has 1 amide bonds. The summed E-state index contributed by atoms with van der Waals surface area (Å²) in [6.45, 7) is 4.59. The Balaban J connectivity index is 1.50. The summed E-state index contributed by atoms with van der Waals surface area (Å²) >= 11 is 0. The SMILES string of the molecule is CC(=O)O[C@H]1CCN2C[C@@H]3C[C@@H](CN4C(=O)CCC[C@H]34)[C@@H]2C1. The van der Waals surface area contributed by atoms with Gasteiger partial charge in [0, 0.05) is 51.5 Å². The van der Waals surface area contributed by atoms with E-state index in [1.54, 1.807) is 0 Å². The third-order valence-electron chi connectivity index (χ3n) is 6.25. The lowest BCUT2D eigenvalue weighted by atomic mass is 9.70. The highest BCUT2D eigenvalue weighted by Gasteiger charge is 2.49. The summed E-state index contributed by atoms with van der Waals surface area (Å²) in [7, 11) is 0. The molecule has 4 saturated heterocycles. The fourth-order valence-electron chi connectivity index (χ4n) is 5.39. The zero-order valence-corrected chi connectivity index (χ0v) is 13.4. The Bertz CT molecular complexity index is 481. The molecule has 5 heteroatoms. The first-order valence-electron chi connectivity index (χ1n) is 8.82. The number of hydrogen-bond acceptors (Lipinski definition) is 4. The maximum Gasteiger partial charge on any atom is 0.302 e. The van der Waals surface area contributed by atoms with Crippen molar-refractivity contribution in [2.45, 2.75) is 63.6 Å². The van der Waals surface area contributed by atoms with Crippen LogP contribution in [-0.4, -0.2) is 59.5 Å². The van der Waals surface area contributed by atoms with Crippen LogP contribution in [0, 0.1) is 11.8 Å². The average molecular weight is 306 g/mol. The minimum atomic E-state index is -0.165. The van der Waals surface area contributed by atoms with Crippen LogP contribution in [-0.2, 0) is 14.3 Å². The van der Waals surface area contributed by atoms with Gasteiger partial charge in [-0.2, -0.15) is 0 Å². The molecule has 0 N–H and O–H groups in total. The lowest BCUT2D eigenvalue weighted by Gasteiger charge is -2.57. The first-order valence-corrected chi connectivity index (χ1v) is 8.82. The van der Waals surface area contributed by atoms with Crippen LogP contribution in [0.1, 0.15) is 45.4 Å². The van der Waals surface area contributed by atoms with Crippen LogP contribution in [0.15, 0.2) is 0 Å². The van der Waals surface area contributed by atoms with Crippen molar-refractivity contribution in [2.75, 3.05) is 19.6 Å². The van der Waals surface area contributed by atoms with Gasteiger partial charge in [-0.05, 0) is 37.5 Å². The number of fused-ring (bicyclic) bond motifs is 6. The van der Waals surface area contributed by atoms with Crippen molar-refractivity contribution in [1.82, 2.24) is 9.80 Å². The maximum absolute atomic E-state index is 12.3. The smallest absolute Gasteiger partial charge is 0.302 e. The van der Waals surface area contributed by atoms with Gasteiger partial charge in [0.25, 0.3) is 0 Å². The quantitative estimate of drug-likeness (QED) is 0.687. The Kier molecular flexibility index (Phi) is 3.63. The van der Waals surface area contributed by atoms with Gasteiger partial charge in [-0.3, -0.25) is 14.5 Å². The molecule has 5 nitrogen and oxygen atoms in total. The molecule has 0 radical (unpaired) electrons. The highest BCUT2D eigenvalue weighted by Crippen LogP contribution is 2.43. The second kappa shape index (κ2) is 5.52. The summed E-state index contributed by atoms with van der Waals surface area (Å²) in [5, 5.41) is 0. The molecule has 4 aliphatic heterocycles. The molecule has 2 bridgehead atoms. The normalized spacial score (nSPS) is 41.6. The van der Waals surface area contributed by atoms with Crippen LogP contribution in [0.25, 0.3) is 0 Å². The summed E-state index contributed by atoms with van der Waals surface area (Å²) in [4.78, 5) is 28.3. The predicted molar refractivity (Wildman–Crippen MR) is 81.1 cm³/mol. The molecule has 0 aromatic carbocycles. The van der Waals surface area contributed by atoms with E-state index in [1.165, 1.54) is 19.8 Å². The summed E-state index contributed by atoms with van der Waals surface area (Å²) < 4.78 is 5.46. The molecule has 5 atom stereocenters. The topological polar surface area (TPSA) is 49.9 Å². The molecule has 4 fully saturated rings.